The van der Waals surface area contributed by atoms with Crippen molar-refractivity contribution in [2.24, 2.45) is 17.8 Å². The Hall–Kier alpha value is -1.65. The summed E-state index contributed by atoms with van der Waals surface area (Å²) in [5.74, 6) is 2.45. The van der Waals surface area contributed by atoms with Crippen molar-refractivity contribution >= 4 is 11.7 Å². The first kappa shape index (κ1) is 16.2. The highest BCUT2D eigenvalue weighted by Gasteiger charge is 2.32. The van der Waals surface area contributed by atoms with E-state index >= 15 is 0 Å². The van der Waals surface area contributed by atoms with Crippen molar-refractivity contribution in [3.8, 4) is 0 Å². The van der Waals surface area contributed by atoms with E-state index < -0.39 is 0 Å². The molecule has 1 N–H and O–H groups in total. The predicted octanol–water partition coefficient (Wildman–Crippen LogP) is 2.63. The molecule has 4 unspecified atom stereocenters. The molecular formula is C18H28N4O. The molecule has 1 saturated carbocycles. The Bertz CT molecular complexity index is 521. The molecule has 1 aliphatic carbocycles. The van der Waals surface area contributed by atoms with Crippen molar-refractivity contribution in [1.29, 1.82) is 0 Å². The summed E-state index contributed by atoms with van der Waals surface area (Å²) >= 11 is 0. The second-order valence-electron chi connectivity index (χ2n) is 7.23. The number of piperidine rings is 1. The molecule has 4 atom stereocenters. The summed E-state index contributed by atoms with van der Waals surface area (Å²) in [5.41, 5.74) is 0. The summed E-state index contributed by atoms with van der Waals surface area (Å²) in [6.07, 6.45) is 10.8. The molecule has 5 heteroatoms. The highest BCUT2D eigenvalue weighted by Crippen LogP contribution is 2.30. The first-order valence-electron chi connectivity index (χ1n) is 8.96. The summed E-state index contributed by atoms with van der Waals surface area (Å²) in [6, 6.07) is 0.346. The highest BCUT2D eigenvalue weighted by atomic mass is 16.2. The lowest BCUT2D eigenvalue weighted by molar-refractivity contribution is -0.126. The smallest absolute Gasteiger partial charge is 0.225 e. The largest absolute Gasteiger partial charge is 0.355 e. The maximum atomic E-state index is 12.7. The molecule has 1 aromatic heterocycles. The average Bonchev–Trinajstić information content (AvgIpc) is 2.60. The van der Waals surface area contributed by atoms with Crippen LogP contribution in [0.4, 0.5) is 5.82 Å². The maximum absolute atomic E-state index is 12.7. The van der Waals surface area contributed by atoms with Crippen LogP contribution >= 0.6 is 0 Å². The molecule has 23 heavy (non-hydrogen) atoms. The molecule has 2 fully saturated rings. The third-order valence-electron chi connectivity index (χ3n) is 5.70. The third-order valence-corrected chi connectivity index (χ3v) is 5.70. The van der Waals surface area contributed by atoms with Crippen LogP contribution < -0.4 is 10.2 Å². The van der Waals surface area contributed by atoms with Gasteiger partial charge >= 0.3 is 0 Å². The summed E-state index contributed by atoms with van der Waals surface area (Å²) in [5, 5.41) is 3.34. The number of amides is 1. The fraction of sp³-hybridized carbons (Fsp3) is 0.722. The van der Waals surface area contributed by atoms with Gasteiger partial charge in [-0.25, -0.2) is 4.98 Å². The number of anilines is 1. The zero-order valence-electron chi connectivity index (χ0n) is 14.2. The highest BCUT2D eigenvalue weighted by molar-refractivity contribution is 5.79. The normalized spacial score (nSPS) is 31.7. The molecule has 2 aliphatic rings. The SMILES string of the molecule is CC1CCCC(NC(=O)C2CCCN(c3cnccn3)C2)C1C. The average molecular weight is 316 g/mol. The second-order valence-corrected chi connectivity index (χ2v) is 7.23. The lowest BCUT2D eigenvalue weighted by atomic mass is 9.78. The van der Waals surface area contributed by atoms with Gasteiger partial charge in [-0.15, -0.1) is 0 Å². The van der Waals surface area contributed by atoms with Gasteiger partial charge in [0.15, 0.2) is 0 Å². The minimum atomic E-state index is 0.0650. The molecule has 1 amide bonds. The van der Waals surface area contributed by atoms with E-state index in [2.05, 4.69) is 34.0 Å². The van der Waals surface area contributed by atoms with E-state index in [0.717, 1.165) is 38.2 Å². The first-order valence-corrected chi connectivity index (χ1v) is 8.96. The van der Waals surface area contributed by atoms with Crippen LogP contribution in [0.1, 0.15) is 46.0 Å². The number of rotatable bonds is 3. The Morgan fingerprint density at radius 1 is 1.22 bits per heavy atom. The molecule has 0 radical (unpaired) electrons. The number of aromatic nitrogens is 2. The first-order chi connectivity index (χ1) is 11.1. The lowest BCUT2D eigenvalue weighted by Gasteiger charge is -2.37. The van der Waals surface area contributed by atoms with Crippen LogP contribution in [0.5, 0.6) is 0 Å². The van der Waals surface area contributed by atoms with E-state index in [1.807, 2.05) is 0 Å². The van der Waals surface area contributed by atoms with Crippen molar-refractivity contribution < 1.29 is 4.79 Å². The monoisotopic (exact) mass is 316 g/mol. The zero-order valence-corrected chi connectivity index (χ0v) is 14.2. The number of carbonyl (C=O) groups is 1. The van der Waals surface area contributed by atoms with E-state index in [9.17, 15) is 4.79 Å². The number of nitrogens with zero attached hydrogens (tertiary/aromatic N) is 3. The minimum absolute atomic E-state index is 0.0650. The fourth-order valence-electron chi connectivity index (χ4n) is 3.94. The quantitative estimate of drug-likeness (QED) is 0.931. The van der Waals surface area contributed by atoms with Gasteiger partial charge in [-0.2, -0.15) is 0 Å². The third kappa shape index (κ3) is 3.82. The Morgan fingerprint density at radius 2 is 2.09 bits per heavy atom. The van der Waals surface area contributed by atoms with Crippen molar-refractivity contribution in [3.63, 3.8) is 0 Å². The van der Waals surface area contributed by atoms with Gasteiger partial charge in [-0.3, -0.25) is 9.78 Å². The standard InChI is InChI=1S/C18H28N4O/c1-13-5-3-7-16(14(13)2)21-18(23)15-6-4-10-22(12-15)17-11-19-8-9-20-17/h8-9,11,13-16H,3-7,10,12H2,1-2H3,(H,21,23). The van der Waals surface area contributed by atoms with Crippen LogP contribution in [-0.2, 0) is 4.79 Å². The van der Waals surface area contributed by atoms with Gasteiger partial charge in [0.25, 0.3) is 0 Å². The van der Waals surface area contributed by atoms with Crippen LogP contribution in [0.15, 0.2) is 18.6 Å². The van der Waals surface area contributed by atoms with Gasteiger partial charge in [-0.1, -0.05) is 26.7 Å². The molecule has 0 spiro atoms. The van der Waals surface area contributed by atoms with E-state index in [-0.39, 0.29) is 11.8 Å². The van der Waals surface area contributed by atoms with Crippen molar-refractivity contribution in [3.05, 3.63) is 18.6 Å². The summed E-state index contributed by atoms with van der Waals surface area (Å²) in [4.78, 5) is 23.4. The number of nitrogens with one attached hydrogen (secondary N) is 1. The Labute approximate surface area is 138 Å². The maximum Gasteiger partial charge on any atom is 0.225 e. The molecule has 2 heterocycles. The summed E-state index contributed by atoms with van der Waals surface area (Å²) in [6.45, 7) is 6.29. The van der Waals surface area contributed by atoms with E-state index in [1.165, 1.54) is 12.8 Å². The molecule has 1 aromatic rings. The minimum Gasteiger partial charge on any atom is -0.355 e. The van der Waals surface area contributed by atoms with Crippen molar-refractivity contribution in [2.75, 3.05) is 18.0 Å². The molecule has 5 nitrogen and oxygen atoms in total. The van der Waals surface area contributed by atoms with E-state index in [0.29, 0.717) is 17.9 Å². The summed E-state index contributed by atoms with van der Waals surface area (Å²) in [7, 11) is 0. The van der Waals surface area contributed by atoms with Crippen LogP contribution in [0.3, 0.4) is 0 Å². The molecular weight excluding hydrogens is 288 g/mol. The molecule has 126 valence electrons. The Morgan fingerprint density at radius 3 is 2.87 bits per heavy atom. The van der Waals surface area contributed by atoms with Gasteiger partial charge in [0.2, 0.25) is 5.91 Å². The number of carbonyl (C=O) groups excluding carboxylic acids is 1. The van der Waals surface area contributed by atoms with Crippen molar-refractivity contribution in [1.82, 2.24) is 15.3 Å². The summed E-state index contributed by atoms with van der Waals surface area (Å²) < 4.78 is 0. The number of hydrogen-bond acceptors (Lipinski definition) is 4. The Balaban J connectivity index is 1.59. The van der Waals surface area contributed by atoms with Crippen LogP contribution in [0.2, 0.25) is 0 Å². The van der Waals surface area contributed by atoms with Crippen LogP contribution in [-0.4, -0.2) is 35.0 Å². The molecule has 1 saturated heterocycles. The molecule has 0 bridgehead atoms. The topological polar surface area (TPSA) is 58.1 Å². The predicted molar refractivity (Wildman–Crippen MR) is 91.1 cm³/mol. The Kier molecular flexibility index (Phi) is 5.13. The van der Waals surface area contributed by atoms with Gasteiger partial charge in [0, 0.05) is 31.5 Å². The van der Waals surface area contributed by atoms with Gasteiger partial charge in [0.1, 0.15) is 5.82 Å². The van der Waals surface area contributed by atoms with E-state index in [1.54, 1.807) is 18.6 Å². The van der Waals surface area contributed by atoms with E-state index in [4.69, 9.17) is 0 Å². The van der Waals surface area contributed by atoms with Crippen LogP contribution in [0, 0.1) is 17.8 Å². The van der Waals surface area contributed by atoms with Crippen molar-refractivity contribution in [2.45, 2.75) is 52.0 Å². The van der Waals surface area contributed by atoms with Gasteiger partial charge in [0.05, 0.1) is 12.1 Å². The lowest BCUT2D eigenvalue weighted by Crippen LogP contribution is -2.49. The molecule has 1 aliphatic heterocycles. The van der Waals surface area contributed by atoms with Crippen LogP contribution in [0.25, 0.3) is 0 Å². The van der Waals surface area contributed by atoms with Gasteiger partial charge in [-0.05, 0) is 31.1 Å². The molecule has 0 aromatic carbocycles. The number of hydrogen-bond donors (Lipinski definition) is 1. The molecule has 3 rings (SSSR count). The van der Waals surface area contributed by atoms with Gasteiger partial charge < -0.3 is 10.2 Å². The second kappa shape index (κ2) is 7.28. The zero-order chi connectivity index (χ0) is 16.2. The fourth-order valence-corrected chi connectivity index (χ4v) is 3.94.